The molecule has 0 spiro atoms. The van der Waals surface area contributed by atoms with Gasteiger partial charge in [-0.3, -0.25) is 0 Å². The molecule has 2 aliphatic heterocycles. The molecule has 176 valence electrons. The summed E-state index contributed by atoms with van der Waals surface area (Å²) in [5.74, 6) is 1.42. The molecule has 0 N–H and O–H groups in total. The standard InChI is InChI=1S/C23H26BrClN4O3S/c1-3-16-12-26-23(27-13-16)28-10-8-18(9-11-28)32-22-20(24)14-29(15-21(22)25)17-4-6-19(7-5-17)33(2,30)31/h4-7,12-13,15,18H,3,8-11,14H2,1-2H3. The molecule has 2 aromatic rings. The second-order valence-electron chi connectivity index (χ2n) is 8.15. The Labute approximate surface area is 208 Å². The maximum atomic E-state index is 11.7. The number of aryl methyl sites for hydroxylation is 1. The molecule has 0 amide bonds. The van der Waals surface area contributed by atoms with Crippen molar-refractivity contribution in [1.82, 2.24) is 9.97 Å². The molecule has 1 aromatic carbocycles. The highest BCUT2D eigenvalue weighted by Crippen LogP contribution is 2.34. The van der Waals surface area contributed by atoms with E-state index in [0.29, 0.717) is 17.3 Å². The van der Waals surface area contributed by atoms with Crippen LogP contribution in [0.25, 0.3) is 0 Å². The van der Waals surface area contributed by atoms with Gasteiger partial charge in [0.25, 0.3) is 0 Å². The van der Waals surface area contributed by atoms with Crippen LogP contribution in [0.5, 0.6) is 0 Å². The number of benzene rings is 1. The van der Waals surface area contributed by atoms with E-state index in [2.05, 4.69) is 37.7 Å². The van der Waals surface area contributed by atoms with E-state index in [1.807, 2.05) is 23.5 Å². The second kappa shape index (κ2) is 10.0. The van der Waals surface area contributed by atoms with Gasteiger partial charge in [0.1, 0.15) is 6.10 Å². The monoisotopic (exact) mass is 552 g/mol. The molecule has 10 heteroatoms. The smallest absolute Gasteiger partial charge is 0.225 e. The molecule has 3 heterocycles. The summed E-state index contributed by atoms with van der Waals surface area (Å²) in [6, 6.07) is 6.74. The van der Waals surface area contributed by atoms with E-state index < -0.39 is 9.84 Å². The molecule has 0 atom stereocenters. The fraction of sp³-hybridized carbons (Fsp3) is 0.391. The van der Waals surface area contributed by atoms with Crippen LogP contribution in [0.2, 0.25) is 0 Å². The highest BCUT2D eigenvalue weighted by Gasteiger charge is 2.27. The minimum absolute atomic E-state index is 0.0569. The molecular formula is C23H26BrClN4O3S. The van der Waals surface area contributed by atoms with Crippen molar-refractivity contribution < 1.29 is 13.2 Å². The van der Waals surface area contributed by atoms with E-state index in [1.165, 1.54) is 6.26 Å². The maximum Gasteiger partial charge on any atom is 0.225 e. The fourth-order valence-electron chi connectivity index (χ4n) is 3.80. The van der Waals surface area contributed by atoms with Crippen LogP contribution in [-0.2, 0) is 21.0 Å². The Morgan fingerprint density at radius 3 is 2.33 bits per heavy atom. The van der Waals surface area contributed by atoms with Gasteiger partial charge in [-0.2, -0.15) is 0 Å². The highest BCUT2D eigenvalue weighted by atomic mass is 79.9. The molecule has 1 fully saturated rings. The first kappa shape index (κ1) is 24.0. The molecule has 4 rings (SSSR count). The Balaban J connectivity index is 1.37. The molecule has 1 saturated heterocycles. The molecule has 33 heavy (non-hydrogen) atoms. The van der Waals surface area contributed by atoms with Crippen LogP contribution in [0.15, 0.2) is 63.0 Å². The lowest BCUT2D eigenvalue weighted by Gasteiger charge is -2.34. The average molecular weight is 554 g/mol. The van der Waals surface area contributed by atoms with Gasteiger partial charge < -0.3 is 14.5 Å². The number of piperidine rings is 1. The number of allylic oxidation sites excluding steroid dienone is 1. The van der Waals surface area contributed by atoms with Gasteiger partial charge in [0.15, 0.2) is 15.6 Å². The van der Waals surface area contributed by atoms with Gasteiger partial charge >= 0.3 is 0 Å². The summed E-state index contributed by atoms with van der Waals surface area (Å²) in [6.45, 7) is 4.27. The van der Waals surface area contributed by atoms with Crippen LogP contribution in [0, 0.1) is 0 Å². The minimum Gasteiger partial charge on any atom is -0.488 e. The third kappa shape index (κ3) is 5.70. The third-order valence-electron chi connectivity index (χ3n) is 5.75. The minimum atomic E-state index is -3.23. The molecule has 1 aromatic heterocycles. The summed E-state index contributed by atoms with van der Waals surface area (Å²) in [5, 5.41) is 0.501. The second-order valence-corrected chi connectivity index (χ2v) is 11.5. The lowest BCUT2D eigenvalue weighted by atomic mass is 10.1. The van der Waals surface area contributed by atoms with Crippen LogP contribution in [0.4, 0.5) is 11.6 Å². The summed E-state index contributed by atoms with van der Waals surface area (Å²) in [7, 11) is -3.23. The molecule has 2 aliphatic rings. The number of nitrogens with zero attached hydrogens (tertiary/aromatic N) is 4. The zero-order valence-electron chi connectivity index (χ0n) is 18.5. The van der Waals surface area contributed by atoms with Crippen LogP contribution in [-0.4, -0.2) is 50.4 Å². The summed E-state index contributed by atoms with van der Waals surface area (Å²) in [6.07, 6.45) is 9.48. The van der Waals surface area contributed by atoms with E-state index in [4.69, 9.17) is 16.3 Å². The number of ether oxygens (including phenoxy) is 1. The predicted octanol–water partition coefficient (Wildman–Crippen LogP) is 4.63. The molecule has 0 aliphatic carbocycles. The summed E-state index contributed by atoms with van der Waals surface area (Å²) in [5.41, 5.74) is 1.98. The number of halogens is 2. The topological polar surface area (TPSA) is 75.6 Å². The van der Waals surface area contributed by atoms with Crippen molar-refractivity contribution >= 4 is 49.0 Å². The van der Waals surface area contributed by atoms with Crippen molar-refractivity contribution in [2.75, 3.05) is 35.7 Å². The van der Waals surface area contributed by atoms with Crippen molar-refractivity contribution in [2.45, 2.75) is 37.2 Å². The molecule has 0 bridgehead atoms. The molecule has 0 unspecified atom stereocenters. The van der Waals surface area contributed by atoms with E-state index in [9.17, 15) is 8.42 Å². The first-order chi connectivity index (χ1) is 15.7. The van der Waals surface area contributed by atoms with Crippen LogP contribution >= 0.6 is 27.5 Å². The van der Waals surface area contributed by atoms with Crippen LogP contribution in [0.3, 0.4) is 0 Å². The van der Waals surface area contributed by atoms with Gasteiger partial charge in [-0.25, -0.2) is 18.4 Å². The van der Waals surface area contributed by atoms with Crippen molar-refractivity contribution in [3.8, 4) is 0 Å². The zero-order valence-corrected chi connectivity index (χ0v) is 21.7. The Morgan fingerprint density at radius 1 is 1.15 bits per heavy atom. The molecule has 0 saturated carbocycles. The first-order valence-corrected chi connectivity index (χ1v) is 13.9. The third-order valence-corrected chi connectivity index (χ3v) is 7.76. The van der Waals surface area contributed by atoms with Crippen LogP contribution < -0.4 is 9.80 Å². The number of anilines is 2. The lowest BCUT2D eigenvalue weighted by Crippen LogP contribution is -2.38. The number of sulfone groups is 1. The maximum absolute atomic E-state index is 11.7. The Hall–Kier alpha value is -2.10. The highest BCUT2D eigenvalue weighted by molar-refractivity contribution is 9.11. The molecule has 7 nitrogen and oxygen atoms in total. The van der Waals surface area contributed by atoms with E-state index in [1.54, 1.807) is 24.3 Å². The summed E-state index contributed by atoms with van der Waals surface area (Å²) < 4.78 is 30.5. The lowest BCUT2D eigenvalue weighted by molar-refractivity contribution is 0.0992. The van der Waals surface area contributed by atoms with Crippen molar-refractivity contribution in [2.24, 2.45) is 0 Å². The number of rotatable bonds is 6. The van der Waals surface area contributed by atoms with Gasteiger partial charge in [-0.1, -0.05) is 18.5 Å². The van der Waals surface area contributed by atoms with Gasteiger partial charge in [0.2, 0.25) is 5.95 Å². The molecular weight excluding hydrogens is 528 g/mol. The van der Waals surface area contributed by atoms with Gasteiger partial charge in [0.05, 0.1) is 21.0 Å². The van der Waals surface area contributed by atoms with Gasteiger partial charge in [-0.05, 0) is 52.2 Å². The van der Waals surface area contributed by atoms with Crippen molar-refractivity contribution in [1.29, 1.82) is 0 Å². The normalized spacial score (nSPS) is 17.9. The Bertz CT molecular complexity index is 1160. The quantitative estimate of drug-likeness (QED) is 0.516. The summed E-state index contributed by atoms with van der Waals surface area (Å²) >= 11 is 10.2. The van der Waals surface area contributed by atoms with Crippen molar-refractivity contribution in [3.63, 3.8) is 0 Å². The van der Waals surface area contributed by atoms with Crippen LogP contribution in [0.1, 0.15) is 25.3 Å². The number of aromatic nitrogens is 2. The fourth-order valence-corrected chi connectivity index (χ4v) is 5.40. The average Bonchev–Trinajstić information content (AvgIpc) is 2.81. The van der Waals surface area contributed by atoms with Gasteiger partial charge in [0, 0.05) is 56.5 Å². The summed E-state index contributed by atoms with van der Waals surface area (Å²) in [4.78, 5) is 13.4. The Morgan fingerprint density at radius 2 is 1.79 bits per heavy atom. The van der Waals surface area contributed by atoms with Crippen molar-refractivity contribution in [3.05, 3.63) is 63.7 Å². The zero-order chi connectivity index (χ0) is 23.6. The SMILES string of the molecule is CCc1cnc(N2CCC(OC3=C(Br)CN(c4ccc(S(C)(=O)=O)cc4)C=C3Cl)CC2)nc1. The van der Waals surface area contributed by atoms with E-state index in [0.717, 1.165) is 54.0 Å². The van der Waals surface area contributed by atoms with E-state index in [-0.39, 0.29) is 11.0 Å². The van der Waals surface area contributed by atoms with E-state index >= 15 is 0 Å². The molecule has 0 radical (unpaired) electrons. The van der Waals surface area contributed by atoms with Gasteiger partial charge in [-0.15, -0.1) is 0 Å². The first-order valence-electron chi connectivity index (χ1n) is 10.8. The number of hydrogen-bond donors (Lipinski definition) is 0. The Kier molecular flexibility index (Phi) is 7.31. The predicted molar refractivity (Wildman–Crippen MR) is 135 cm³/mol. The number of hydrogen-bond acceptors (Lipinski definition) is 7. The largest absolute Gasteiger partial charge is 0.488 e.